The van der Waals surface area contributed by atoms with Gasteiger partial charge in [-0.1, -0.05) is 6.42 Å². The van der Waals surface area contributed by atoms with Crippen LogP contribution in [0.4, 0.5) is 11.6 Å². The molecule has 0 bridgehead atoms. The Morgan fingerprint density at radius 1 is 1.10 bits per heavy atom. The van der Waals surface area contributed by atoms with Crippen LogP contribution in [0.1, 0.15) is 43.5 Å². The van der Waals surface area contributed by atoms with E-state index in [2.05, 4.69) is 20.2 Å². The first kappa shape index (κ1) is 13.3. The molecule has 1 aromatic heterocycles. The van der Waals surface area contributed by atoms with Crippen molar-refractivity contribution in [3.8, 4) is 0 Å². The standard InChI is InChI=1S/C15H22N4O/c1-10-13(18-14(20)12-6-5-7-12)11(2)17-15(16-10)19-8-3-4-9-19/h12H,3-9H2,1-2H3,(H,18,20). The van der Waals surface area contributed by atoms with Gasteiger partial charge in [0.15, 0.2) is 0 Å². The lowest BCUT2D eigenvalue weighted by Crippen LogP contribution is -2.29. The summed E-state index contributed by atoms with van der Waals surface area (Å²) in [6.07, 6.45) is 5.61. The first-order chi connectivity index (χ1) is 9.65. The molecule has 3 rings (SSSR count). The number of amides is 1. The van der Waals surface area contributed by atoms with Gasteiger partial charge in [-0.2, -0.15) is 0 Å². The Labute approximate surface area is 119 Å². The number of carbonyl (C=O) groups is 1. The molecule has 0 aromatic carbocycles. The van der Waals surface area contributed by atoms with Crippen LogP contribution in [-0.4, -0.2) is 29.0 Å². The Bertz CT molecular complexity index is 496. The first-order valence-electron chi connectivity index (χ1n) is 7.56. The van der Waals surface area contributed by atoms with Crippen molar-refractivity contribution in [1.82, 2.24) is 9.97 Å². The Kier molecular flexibility index (Phi) is 3.59. The van der Waals surface area contributed by atoms with E-state index < -0.39 is 0 Å². The summed E-state index contributed by atoms with van der Waals surface area (Å²) < 4.78 is 0. The number of aryl methyl sites for hydroxylation is 2. The number of nitrogens with one attached hydrogen (secondary N) is 1. The molecule has 108 valence electrons. The molecule has 2 aliphatic rings. The summed E-state index contributed by atoms with van der Waals surface area (Å²) in [5.74, 6) is 1.12. The number of carbonyl (C=O) groups excluding carboxylic acids is 1. The summed E-state index contributed by atoms with van der Waals surface area (Å²) in [6.45, 7) is 5.97. The van der Waals surface area contributed by atoms with E-state index in [1.54, 1.807) is 0 Å². The molecule has 2 fully saturated rings. The predicted molar refractivity (Wildman–Crippen MR) is 78.9 cm³/mol. The van der Waals surface area contributed by atoms with E-state index in [0.717, 1.165) is 49.0 Å². The second-order valence-electron chi connectivity index (χ2n) is 5.88. The van der Waals surface area contributed by atoms with Crippen LogP contribution in [0.2, 0.25) is 0 Å². The highest BCUT2D eigenvalue weighted by atomic mass is 16.1. The van der Waals surface area contributed by atoms with E-state index in [1.807, 2.05) is 13.8 Å². The highest BCUT2D eigenvalue weighted by Gasteiger charge is 2.26. The van der Waals surface area contributed by atoms with Crippen molar-refractivity contribution in [1.29, 1.82) is 0 Å². The van der Waals surface area contributed by atoms with E-state index in [9.17, 15) is 4.79 Å². The number of hydrogen-bond acceptors (Lipinski definition) is 4. The van der Waals surface area contributed by atoms with Crippen LogP contribution < -0.4 is 10.2 Å². The van der Waals surface area contributed by atoms with Gasteiger partial charge in [0.05, 0.1) is 17.1 Å². The van der Waals surface area contributed by atoms with Crippen LogP contribution >= 0.6 is 0 Å². The summed E-state index contributed by atoms with van der Waals surface area (Å²) in [5, 5.41) is 3.02. The number of rotatable bonds is 3. The van der Waals surface area contributed by atoms with Gasteiger partial charge >= 0.3 is 0 Å². The number of nitrogens with zero attached hydrogens (tertiary/aromatic N) is 3. The highest BCUT2D eigenvalue weighted by Crippen LogP contribution is 2.29. The molecule has 1 saturated carbocycles. The molecule has 5 heteroatoms. The topological polar surface area (TPSA) is 58.1 Å². The van der Waals surface area contributed by atoms with Crippen LogP contribution in [0.3, 0.4) is 0 Å². The Morgan fingerprint density at radius 2 is 1.70 bits per heavy atom. The van der Waals surface area contributed by atoms with Gasteiger partial charge in [0, 0.05) is 19.0 Å². The molecule has 0 spiro atoms. The van der Waals surface area contributed by atoms with Crippen molar-refractivity contribution >= 4 is 17.5 Å². The minimum absolute atomic E-state index is 0.125. The fourth-order valence-electron chi connectivity index (χ4n) is 2.83. The van der Waals surface area contributed by atoms with Crippen molar-refractivity contribution in [3.05, 3.63) is 11.4 Å². The second kappa shape index (κ2) is 5.38. The van der Waals surface area contributed by atoms with Crippen molar-refractivity contribution in [2.45, 2.75) is 46.0 Å². The monoisotopic (exact) mass is 274 g/mol. The van der Waals surface area contributed by atoms with Crippen LogP contribution in [0.15, 0.2) is 0 Å². The van der Waals surface area contributed by atoms with Crippen LogP contribution in [-0.2, 0) is 4.79 Å². The molecule has 1 aliphatic carbocycles. The minimum atomic E-state index is 0.125. The lowest BCUT2D eigenvalue weighted by atomic mass is 9.85. The molecule has 0 radical (unpaired) electrons. The van der Waals surface area contributed by atoms with E-state index in [0.29, 0.717) is 0 Å². The maximum absolute atomic E-state index is 12.1. The van der Waals surface area contributed by atoms with E-state index in [1.165, 1.54) is 19.3 Å². The van der Waals surface area contributed by atoms with Gasteiger partial charge in [-0.05, 0) is 39.5 Å². The predicted octanol–water partition coefficient (Wildman–Crippen LogP) is 2.43. The molecule has 5 nitrogen and oxygen atoms in total. The molecule has 0 unspecified atom stereocenters. The molecule has 1 aliphatic heterocycles. The third-order valence-electron chi connectivity index (χ3n) is 4.37. The fraction of sp³-hybridized carbons (Fsp3) is 0.667. The van der Waals surface area contributed by atoms with Gasteiger partial charge in [-0.3, -0.25) is 4.79 Å². The molecular formula is C15H22N4O. The first-order valence-corrected chi connectivity index (χ1v) is 7.56. The largest absolute Gasteiger partial charge is 0.341 e. The molecule has 2 heterocycles. The van der Waals surface area contributed by atoms with Crippen LogP contribution in [0.5, 0.6) is 0 Å². The second-order valence-corrected chi connectivity index (χ2v) is 5.88. The number of hydrogen-bond donors (Lipinski definition) is 1. The molecule has 1 aromatic rings. The van der Waals surface area contributed by atoms with Gasteiger partial charge in [0.2, 0.25) is 11.9 Å². The summed E-state index contributed by atoms with van der Waals surface area (Å²) in [5.41, 5.74) is 2.53. The third kappa shape index (κ3) is 2.49. The van der Waals surface area contributed by atoms with Gasteiger partial charge < -0.3 is 10.2 Å². The number of anilines is 2. The summed E-state index contributed by atoms with van der Waals surface area (Å²) in [7, 11) is 0. The van der Waals surface area contributed by atoms with Gasteiger partial charge in [0.1, 0.15) is 0 Å². The van der Waals surface area contributed by atoms with Crippen LogP contribution in [0, 0.1) is 19.8 Å². The van der Waals surface area contributed by atoms with E-state index in [4.69, 9.17) is 0 Å². The van der Waals surface area contributed by atoms with Crippen LogP contribution in [0.25, 0.3) is 0 Å². The SMILES string of the molecule is Cc1nc(N2CCCC2)nc(C)c1NC(=O)C1CCC1. The Morgan fingerprint density at radius 3 is 2.20 bits per heavy atom. The average molecular weight is 274 g/mol. The number of aromatic nitrogens is 2. The zero-order chi connectivity index (χ0) is 14.1. The molecule has 0 atom stereocenters. The zero-order valence-electron chi connectivity index (χ0n) is 12.3. The molecule has 1 amide bonds. The van der Waals surface area contributed by atoms with Gasteiger partial charge in [-0.15, -0.1) is 0 Å². The van der Waals surface area contributed by atoms with Crippen molar-refractivity contribution in [3.63, 3.8) is 0 Å². The summed E-state index contributed by atoms with van der Waals surface area (Å²) in [6, 6.07) is 0. The third-order valence-corrected chi connectivity index (χ3v) is 4.37. The lowest BCUT2D eigenvalue weighted by molar-refractivity contribution is -0.122. The van der Waals surface area contributed by atoms with Gasteiger partial charge in [-0.25, -0.2) is 9.97 Å². The van der Waals surface area contributed by atoms with E-state index >= 15 is 0 Å². The Hall–Kier alpha value is -1.65. The molecular weight excluding hydrogens is 252 g/mol. The smallest absolute Gasteiger partial charge is 0.227 e. The quantitative estimate of drug-likeness (QED) is 0.919. The fourth-order valence-corrected chi connectivity index (χ4v) is 2.83. The van der Waals surface area contributed by atoms with Crippen molar-refractivity contribution in [2.75, 3.05) is 23.3 Å². The average Bonchev–Trinajstić information content (AvgIpc) is 2.85. The van der Waals surface area contributed by atoms with E-state index in [-0.39, 0.29) is 11.8 Å². The zero-order valence-corrected chi connectivity index (χ0v) is 12.3. The molecule has 1 N–H and O–H groups in total. The van der Waals surface area contributed by atoms with Crippen molar-refractivity contribution in [2.24, 2.45) is 5.92 Å². The molecule has 20 heavy (non-hydrogen) atoms. The maximum atomic E-state index is 12.1. The van der Waals surface area contributed by atoms with Crippen molar-refractivity contribution < 1.29 is 4.79 Å². The Balaban J connectivity index is 1.78. The van der Waals surface area contributed by atoms with Gasteiger partial charge in [0.25, 0.3) is 0 Å². The summed E-state index contributed by atoms with van der Waals surface area (Å²) >= 11 is 0. The maximum Gasteiger partial charge on any atom is 0.227 e. The lowest BCUT2D eigenvalue weighted by Gasteiger charge is -2.25. The highest BCUT2D eigenvalue weighted by molar-refractivity contribution is 5.94. The summed E-state index contributed by atoms with van der Waals surface area (Å²) in [4.78, 5) is 23.4. The minimum Gasteiger partial charge on any atom is -0.341 e. The normalized spacial score (nSPS) is 19.0. The molecule has 1 saturated heterocycles.